The summed E-state index contributed by atoms with van der Waals surface area (Å²) >= 11 is 0. The summed E-state index contributed by atoms with van der Waals surface area (Å²) in [4.78, 5) is 0. The molecule has 2 aliphatic rings. The molecule has 2 aliphatic carbocycles. The highest BCUT2D eigenvalue weighted by molar-refractivity contribution is 4.96. The van der Waals surface area contributed by atoms with Crippen molar-refractivity contribution in [2.24, 2.45) is 5.41 Å². The number of hydrogen-bond acceptors (Lipinski definition) is 2. The summed E-state index contributed by atoms with van der Waals surface area (Å²) < 4.78 is 0. The third-order valence-electron chi connectivity index (χ3n) is 3.96. The highest BCUT2D eigenvalue weighted by atomic mass is 16.3. The summed E-state index contributed by atoms with van der Waals surface area (Å²) in [5.41, 5.74) is 0.622. The minimum absolute atomic E-state index is 0.0765. The molecule has 0 unspecified atom stereocenters. The van der Waals surface area contributed by atoms with Gasteiger partial charge in [0.25, 0.3) is 0 Å². The minimum Gasteiger partial charge on any atom is -0.392 e. The fraction of sp³-hybridized carbons (Fsp3) is 1.00. The van der Waals surface area contributed by atoms with E-state index in [1.54, 1.807) is 0 Å². The maximum absolute atomic E-state index is 9.67. The number of hydrogen-bond donors (Lipinski definition) is 2. The average molecular weight is 197 g/mol. The fourth-order valence-electron chi connectivity index (χ4n) is 2.75. The molecular formula is C12H23NO. The summed E-state index contributed by atoms with van der Waals surface area (Å²) in [6.45, 7) is 3.41. The molecule has 0 aromatic carbocycles. The Morgan fingerprint density at radius 3 is 2.64 bits per heavy atom. The van der Waals surface area contributed by atoms with E-state index in [9.17, 15) is 5.11 Å². The number of rotatable bonds is 5. The molecule has 0 aromatic rings. The van der Waals surface area contributed by atoms with Crippen LogP contribution in [0.4, 0.5) is 0 Å². The van der Waals surface area contributed by atoms with E-state index < -0.39 is 0 Å². The molecule has 14 heavy (non-hydrogen) atoms. The molecule has 2 atom stereocenters. The van der Waals surface area contributed by atoms with E-state index in [1.165, 1.54) is 38.5 Å². The maximum Gasteiger partial charge on any atom is 0.0693 e. The van der Waals surface area contributed by atoms with Crippen molar-refractivity contribution in [3.8, 4) is 0 Å². The first-order valence-electron chi connectivity index (χ1n) is 6.17. The van der Waals surface area contributed by atoms with Gasteiger partial charge in [-0.05, 0) is 43.9 Å². The van der Waals surface area contributed by atoms with Gasteiger partial charge in [-0.25, -0.2) is 0 Å². The molecule has 0 aliphatic heterocycles. The van der Waals surface area contributed by atoms with Gasteiger partial charge in [-0.2, -0.15) is 0 Å². The van der Waals surface area contributed by atoms with E-state index in [4.69, 9.17) is 0 Å². The van der Waals surface area contributed by atoms with Gasteiger partial charge < -0.3 is 10.4 Å². The molecule has 0 amide bonds. The fourth-order valence-corrected chi connectivity index (χ4v) is 2.75. The van der Waals surface area contributed by atoms with E-state index in [-0.39, 0.29) is 6.10 Å². The second kappa shape index (κ2) is 4.19. The van der Waals surface area contributed by atoms with Crippen molar-refractivity contribution >= 4 is 0 Å². The van der Waals surface area contributed by atoms with Gasteiger partial charge in [-0.15, -0.1) is 0 Å². The minimum atomic E-state index is -0.0765. The van der Waals surface area contributed by atoms with Gasteiger partial charge in [0.15, 0.2) is 0 Å². The smallest absolute Gasteiger partial charge is 0.0693 e. The van der Waals surface area contributed by atoms with E-state index in [2.05, 4.69) is 12.2 Å². The van der Waals surface area contributed by atoms with Crippen LogP contribution in [0.1, 0.15) is 51.9 Å². The van der Waals surface area contributed by atoms with Crippen molar-refractivity contribution in [3.05, 3.63) is 0 Å². The van der Waals surface area contributed by atoms with Crippen molar-refractivity contribution in [2.75, 3.05) is 6.54 Å². The first kappa shape index (κ1) is 10.4. The van der Waals surface area contributed by atoms with Crippen molar-refractivity contribution in [1.29, 1.82) is 0 Å². The lowest BCUT2D eigenvalue weighted by Gasteiger charge is -2.21. The molecule has 82 valence electrons. The quantitative estimate of drug-likeness (QED) is 0.707. The number of aliphatic hydroxyl groups excluding tert-OH is 1. The molecule has 0 spiro atoms. The first-order valence-corrected chi connectivity index (χ1v) is 6.17. The normalized spacial score (nSPS) is 34.7. The zero-order valence-corrected chi connectivity index (χ0v) is 9.26. The predicted molar refractivity (Wildman–Crippen MR) is 58.2 cm³/mol. The van der Waals surface area contributed by atoms with E-state index >= 15 is 0 Å². The van der Waals surface area contributed by atoms with Crippen LogP contribution in [0.3, 0.4) is 0 Å². The Morgan fingerprint density at radius 1 is 1.36 bits per heavy atom. The Balaban J connectivity index is 1.71. The van der Waals surface area contributed by atoms with Crippen LogP contribution in [0.15, 0.2) is 0 Å². The molecule has 0 saturated heterocycles. The van der Waals surface area contributed by atoms with Crippen molar-refractivity contribution in [3.63, 3.8) is 0 Å². The third-order valence-corrected chi connectivity index (χ3v) is 3.96. The molecule has 0 aromatic heterocycles. The Morgan fingerprint density at radius 2 is 2.14 bits per heavy atom. The molecule has 0 radical (unpaired) electrons. The van der Waals surface area contributed by atoms with Crippen LogP contribution in [-0.4, -0.2) is 23.8 Å². The Bertz CT molecular complexity index is 189. The zero-order valence-electron chi connectivity index (χ0n) is 9.26. The maximum atomic E-state index is 9.67. The standard InChI is InChI=1S/C12H23NO/c1-2-6-12(7-8-12)9-13-10-4-3-5-11(10)14/h10-11,13-14H,2-9H2,1H3/t10-,11-/m0/s1. The SMILES string of the molecule is CCCC1(CN[C@H]2CCC[C@@H]2O)CC1. The Labute approximate surface area is 87.1 Å². The lowest BCUT2D eigenvalue weighted by atomic mass is 10.00. The molecule has 0 bridgehead atoms. The van der Waals surface area contributed by atoms with E-state index in [0.29, 0.717) is 11.5 Å². The zero-order chi connectivity index (χ0) is 10.0. The predicted octanol–water partition coefficient (Wildman–Crippen LogP) is 2.07. The van der Waals surface area contributed by atoms with Crippen molar-refractivity contribution < 1.29 is 5.11 Å². The molecule has 2 saturated carbocycles. The van der Waals surface area contributed by atoms with E-state index in [0.717, 1.165) is 13.0 Å². The largest absolute Gasteiger partial charge is 0.392 e. The number of aliphatic hydroxyl groups is 1. The lowest BCUT2D eigenvalue weighted by molar-refractivity contribution is 0.145. The van der Waals surface area contributed by atoms with Gasteiger partial charge in [-0.1, -0.05) is 13.3 Å². The second-order valence-corrected chi connectivity index (χ2v) is 5.24. The average Bonchev–Trinajstić information content (AvgIpc) is 2.81. The molecule has 2 heteroatoms. The first-order chi connectivity index (χ1) is 6.76. The molecule has 2 fully saturated rings. The van der Waals surface area contributed by atoms with Crippen LogP contribution in [0, 0.1) is 5.41 Å². The molecular weight excluding hydrogens is 174 g/mol. The summed E-state index contributed by atoms with van der Waals surface area (Å²) in [6, 6.07) is 0.393. The molecule has 0 heterocycles. The van der Waals surface area contributed by atoms with E-state index in [1.807, 2.05) is 0 Å². The number of nitrogens with one attached hydrogen (secondary N) is 1. The highest BCUT2D eigenvalue weighted by Crippen LogP contribution is 2.49. The van der Waals surface area contributed by atoms with Crippen LogP contribution in [0.5, 0.6) is 0 Å². The lowest BCUT2D eigenvalue weighted by Crippen LogP contribution is -2.39. The van der Waals surface area contributed by atoms with Gasteiger partial charge in [0.2, 0.25) is 0 Å². The van der Waals surface area contributed by atoms with Gasteiger partial charge in [-0.3, -0.25) is 0 Å². The topological polar surface area (TPSA) is 32.3 Å². The summed E-state index contributed by atoms with van der Waals surface area (Å²) in [7, 11) is 0. The van der Waals surface area contributed by atoms with Crippen LogP contribution in [-0.2, 0) is 0 Å². The van der Waals surface area contributed by atoms with Crippen LogP contribution < -0.4 is 5.32 Å². The van der Waals surface area contributed by atoms with Crippen LogP contribution in [0.2, 0.25) is 0 Å². The Hall–Kier alpha value is -0.0800. The third kappa shape index (κ3) is 2.29. The van der Waals surface area contributed by atoms with Crippen LogP contribution >= 0.6 is 0 Å². The van der Waals surface area contributed by atoms with Gasteiger partial charge in [0, 0.05) is 12.6 Å². The summed E-state index contributed by atoms with van der Waals surface area (Å²) in [5, 5.41) is 13.2. The monoisotopic (exact) mass is 197 g/mol. The molecule has 2 rings (SSSR count). The molecule has 2 nitrogen and oxygen atoms in total. The van der Waals surface area contributed by atoms with Crippen molar-refractivity contribution in [2.45, 2.75) is 64.0 Å². The van der Waals surface area contributed by atoms with Crippen LogP contribution in [0.25, 0.3) is 0 Å². The summed E-state index contributed by atoms with van der Waals surface area (Å²) in [5.74, 6) is 0. The second-order valence-electron chi connectivity index (χ2n) is 5.24. The van der Waals surface area contributed by atoms with Gasteiger partial charge in [0.1, 0.15) is 0 Å². The molecule has 2 N–H and O–H groups in total. The van der Waals surface area contributed by atoms with Gasteiger partial charge >= 0.3 is 0 Å². The highest BCUT2D eigenvalue weighted by Gasteiger charge is 2.41. The van der Waals surface area contributed by atoms with Crippen molar-refractivity contribution in [1.82, 2.24) is 5.32 Å². The van der Waals surface area contributed by atoms with Gasteiger partial charge in [0.05, 0.1) is 6.10 Å². The Kier molecular flexibility index (Phi) is 3.13. The summed E-state index contributed by atoms with van der Waals surface area (Å²) in [6.07, 6.45) is 8.75.